The quantitative estimate of drug-likeness (QED) is 0.637. The number of imidazole rings is 2. The maximum absolute atomic E-state index is 4.69. The van der Waals surface area contributed by atoms with Crippen molar-refractivity contribution in [2.45, 2.75) is 32.7 Å². The molecule has 1 aliphatic heterocycles. The topological polar surface area (TPSA) is 94.1 Å². The van der Waals surface area contributed by atoms with Crippen molar-refractivity contribution < 1.29 is 0 Å². The molecule has 0 radical (unpaired) electrons. The van der Waals surface area contributed by atoms with E-state index in [1.54, 1.807) is 12.7 Å². The third-order valence-corrected chi connectivity index (χ3v) is 4.30. The molecule has 7 heteroatoms. The Bertz CT molecular complexity index is 795. The summed E-state index contributed by atoms with van der Waals surface area (Å²) in [5.41, 5.74) is 5.32. The highest BCUT2D eigenvalue weighted by molar-refractivity contribution is 6.00. The van der Waals surface area contributed by atoms with E-state index in [0.29, 0.717) is 0 Å². The van der Waals surface area contributed by atoms with Crippen molar-refractivity contribution in [2.24, 2.45) is 9.98 Å². The molecule has 1 atom stereocenters. The van der Waals surface area contributed by atoms with Crippen molar-refractivity contribution in [3.8, 4) is 0 Å². The number of aromatic amines is 2. The number of dihydropyridines is 1. The van der Waals surface area contributed by atoms with Gasteiger partial charge in [0.05, 0.1) is 30.1 Å². The van der Waals surface area contributed by atoms with Gasteiger partial charge in [0.2, 0.25) is 0 Å². The fourth-order valence-electron chi connectivity index (χ4n) is 2.72. The Labute approximate surface area is 153 Å². The van der Waals surface area contributed by atoms with Crippen LogP contribution in [-0.4, -0.2) is 50.5 Å². The molecule has 3 heterocycles. The molecule has 7 nitrogen and oxygen atoms in total. The summed E-state index contributed by atoms with van der Waals surface area (Å²) in [5.74, 6) is 0. The molecule has 2 aromatic heterocycles. The van der Waals surface area contributed by atoms with Gasteiger partial charge in [0, 0.05) is 55.4 Å². The average molecular weight is 351 g/mol. The number of nitrogens with one attached hydrogen (secondary N) is 3. The van der Waals surface area contributed by atoms with Gasteiger partial charge < -0.3 is 15.3 Å². The van der Waals surface area contributed by atoms with Crippen LogP contribution in [0, 0.1) is 0 Å². The standard InChI is InChI=1S/C19H25N7/c1-14(22-8-6-16-10-20-12-24-16)18-4-3-5-19(26-18)15(2)23-9-7-17-11-21-13-25-17/h3-5,10-13,18,26H,6-9H2,1-2H3,(H,20,24)(H,21,25). The molecule has 0 saturated heterocycles. The summed E-state index contributed by atoms with van der Waals surface area (Å²) in [6.45, 7) is 5.57. The van der Waals surface area contributed by atoms with Crippen molar-refractivity contribution in [3.05, 3.63) is 60.4 Å². The third kappa shape index (κ3) is 5.02. The van der Waals surface area contributed by atoms with Crippen LogP contribution in [0.3, 0.4) is 0 Å². The number of hydrogen-bond acceptors (Lipinski definition) is 5. The molecule has 0 aliphatic carbocycles. The van der Waals surface area contributed by atoms with Gasteiger partial charge in [0.15, 0.2) is 0 Å². The summed E-state index contributed by atoms with van der Waals surface area (Å²) in [5, 5.41) is 3.51. The van der Waals surface area contributed by atoms with E-state index in [0.717, 1.165) is 54.4 Å². The van der Waals surface area contributed by atoms with Crippen molar-refractivity contribution >= 4 is 11.4 Å². The molecule has 3 N–H and O–H groups in total. The summed E-state index contributed by atoms with van der Waals surface area (Å²) in [7, 11) is 0. The number of nitrogens with zero attached hydrogens (tertiary/aromatic N) is 4. The van der Waals surface area contributed by atoms with Gasteiger partial charge in [-0.05, 0) is 19.9 Å². The predicted octanol–water partition coefficient (Wildman–Crippen LogP) is 2.25. The molecule has 0 fully saturated rings. The fourth-order valence-corrected chi connectivity index (χ4v) is 2.72. The number of allylic oxidation sites excluding steroid dienone is 3. The minimum Gasteiger partial charge on any atom is -0.372 e. The van der Waals surface area contributed by atoms with Crippen LogP contribution in [0.5, 0.6) is 0 Å². The largest absolute Gasteiger partial charge is 0.372 e. The third-order valence-electron chi connectivity index (χ3n) is 4.30. The van der Waals surface area contributed by atoms with Crippen LogP contribution in [-0.2, 0) is 12.8 Å². The Morgan fingerprint density at radius 3 is 2.27 bits per heavy atom. The molecule has 1 unspecified atom stereocenters. The van der Waals surface area contributed by atoms with Gasteiger partial charge in [-0.25, -0.2) is 9.97 Å². The Hall–Kier alpha value is -2.96. The minimum atomic E-state index is 0.106. The van der Waals surface area contributed by atoms with E-state index in [4.69, 9.17) is 0 Å². The first-order valence-electron chi connectivity index (χ1n) is 8.84. The van der Waals surface area contributed by atoms with Gasteiger partial charge >= 0.3 is 0 Å². The van der Waals surface area contributed by atoms with Crippen molar-refractivity contribution in [1.82, 2.24) is 25.3 Å². The summed E-state index contributed by atoms with van der Waals surface area (Å²) in [6, 6.07) is 0.106. The smallest absolute Gasteiger partial charge is 0.0921 e. The number of H-pyrrole nitrogens is 2. The van der Waals surface area contributed by atoms with Crippen molar-refractivity contribution in [2.75, 3.05) is 13.1 Å². The van der Waals surface area contributed by atoms with E-state index < -0.39 is 0 Å². The van der Waals surface area contributed by atoms with Crippen molar-refractivity contribution in [1.29, 1.82) is 0 Å². The van der Waals surface area contributed by atoms with E-state index >= 15 is 0 Å². The molecule has 2 aromatic rings. The molecule has 0 amide bonds. The molecular weight excluding hydrogens is 326 g/mol. The van der Waals surface area contributed by atoms with E-state index in [9.17, 15) is 0 Å². The van der Waals surface area contributed by atoms with Crippen LogP contribution in [0.25, 0.3) is 0 Å². The molecule has 0 bridgehead atoms. The molecule has 0 spiro atoms. The van der Waals surface area contributed by atoms with Gasteiger partial charge in [0.1, 0.15) is 0 Å². The Morgan fingerprint density at radius 1 is 1.00 bits per heavy atom. The summed E-state index contributed by atoms with van der Waals surface area (Å²) >= 11 is 0. The molecular formula is C19H25N7. The number of aliphatic imine (C=N–C) groups is 2. The highest BCUT2D eigenvalue weighted by atomic mass is 15.0. The monoisotopic (exact) mass is 351 g/mol. The van der Waals surface area contributed by atoms with E-state index in [-0.39, 0.29) is 6.04 Å². The zero-order valence-electron chi connectivity index (χ0n) is 15.2. The lowest BCUT2D eigenvalue weighted by Crippen LogP contribution is -2.37. The second kappa shape index (κ2) is 8.94. The highest BCUT2D eigenvalue weighted by Crippen LogP contribution is 2.07. The molecule has 1 aliphatic rings. The molecule has 0 aromatic carbocycles. The van der Waals surface area contributed by atoms with E-state index in [1.165, 1.54) is 0 Å². The fraction of sp³-hybridized carbons (Fsp3) is 0.368. The van der Waals surface area contributed by atoms with Crippen LogP contribution in [0.15, 0.2) is 59.0 Å². The SMILES string of the molecule is CC(=NCCc1cnc[nH]1)C1=CC=CC(C(C)=NCCc2cnc[nH]2)N1. The molecule has 0 saturated carbocycles. The Kier molecular flexibility index (Phi) is 6.14. The molecule has 3 rings (SSSR count). The number of hydrogen-bond donors (Lipinski definition) is 3. The van der Waals surface area contributed by atoms with E-state index in [2.05, 4.69) is 60.4 Å². The van der Waals surface area contributed by atoms with Crippen LogP contribution in [0.4, 0.5) is 0 Å². The minimum absolute atomic E-state index is 0.106. The highest BCUT2D eigenvalue weighted by Gasteiger charge is 2.14. The average Bonchev–Trinajstić information content (AvgIpc) is 3.35. The predicted molar refractivity (Wildman–Crippen MR) is 105 cm³/mol. The Morgan fingerprint density at radius 2 is 1.65 bits per heavy atom. The Balaban J connectivity index is 1.51. The number of aromatic nitrogens is 4. The van der Waals surface area contributed by atoms with Crippen LogP contribution >= 0.6 is 0 Å². The zero-order valence-corrected chi connectivity index (χ0v) is 15.2. The van der Waals surface area contributed by atoms with Crippen LogP contribution in [0.2, 0.25) is 0 Å². The summed E-state index contributed by atoms with van der Waals surface area (Å²) in [4.78, 5) is 23.6. The first-order chi connectivity index (χ1) is 12.7. The lowest BCUT2D eigenvalue weighted by molar-refractivity contribution is 0.816. The van der Waals surface area contributed by atoms with Gasteiger partial charge in [-0.15, -0.1) is 0 Å². The van der Waals surface area contributed by atoms with Gasteiger partial charge in [-0.2, -0.15) is 0 Å². The maximum Gasteiger partial charge on any atom is 0.0921 e. The van der Waals surface area contributed by atoms with Crippen molar-refractivity contribution in [3.63, 3.8) is 0 Å². The number of rotatable bonds is 8. The lowest BCUT2D eigenvalue weighted by Gasteiger charge is -2.22. The second-order valence-corrected chi connectivity index (χ2v) is 6.23. The van der Waals surface area contributed by atoms with Gasteiger partial charge in [0.25, 0.3) is 0 Å². The zero-order chi connectivity index (χ0) is 18.2. The first-order valence-corrected chi connectivity index (χ1v) is 8.84. The summed E-state index contributed by atoms with van der Waals surface area (Å²) in [6.07, 6.45) is 15.0. The van der Waals surface area contributed by atoms with Crippen LogP contribution < -0.4 is 5.32 Å². The lowest BCUT2D eigenvalue weighted by atomic mass is 10.1. The molecule has 136 valence electrons. The first kappa shape index (κ1) is 17.8. The molecule has 26 heavy (non-hydrogen) atoms. The van der Waals surface area contributed by atoms with Gasteiger partial charge in [-0.3, -0.25) is 9.98 Å². The van der Waals surface area contributed by atoms with E-state index in [1.807, 2.05) is 19.3 Å². The maximum atomic E-state index is 4.69. The van der Waals surface area contributed by atoms with Gasteiger partial charge in [-0.1, -0.05) is 12.2 Å². The van der Waals surface area contributed by atoms with Crippen LogP contribution in [0.1, 0.15) is 25.2 Å². The summed E-state index contributed by atoms with van der Waals surface area (Å²) < 4.78 is 0. The second-order valence-electron chi connectivity index (χ2n) is 6.23. The normalized spacial score (nSPS) is 17.9.